The Kier molecular flexibility index (Phi) is 4.53. The molecule has 0 spiro atoms. The van der Waals surface area contributed by atoms with Crippen molar-refractivity contribution in [2.75, 3.05) is 26.1 Å². The fourth-order valence-electron chi connectivity index (χ4n) is 0.413. The first kappa shape index (κ1) is 8.78. The quantitative estimate of drug-likeness (QED) is 0.569. The number of carbonyl (C=O) groups is 1. The Labute approximate surface area is 59.8 Å². The van der Waals surface area contributed by atoms with Gasteiger partial charge in [-0.25, -0.2) is 5.01 Å². The molecule has 0 rings (SSSR count). The van der Waals surface area contributed by atoms with E-state index in [4.69, 9.17) is 0 Å². The molecular formula is C5H12N2OS. The summed E-state index contributed by atoms with van der Waals surface area (Å²) in [4.78, 5) is 10.7. The van der Waals surface area contributed by atoms with E-state index < -0.39 is 0 Å². The van der Waals surface area contributed by atoms with Crippen LogP contribution in [0.1, 0.15) is 0 Å². The van der Waals surface area contributed by atoms with Crippen LogP contribution in [0.3, 0.4) is 0 Å². The topological polar surface area (TPSA) is 32.3 Å². The summed E-state index contributed by atoms with van der Waals surface area (Å²) in [5.41, 5.74) is 2.62. The van der Waals surface area contributed by atoms with E-state index in [-0.39, 0.29) is 5.91 Å². The third-order valence-corrected chi connectivity index (χ3v) is 1.17. The van der Waals surface area contributed by atoms with Crippen LogP contribution in [0.2, 0.25) is 0 Å². The van der Waals surface area contributed by atoms with Crippen LogP contribution in [0, 0.1) is 0 Å². The van der Waals surface area contributed by atoms with E-state index in [9.17, 15) is 4.79 Å². The first-order chi connectivity index (χ1) is 4.16. The highest BCUT2D eigenvalue weighted by Crippen LogP contribution is 1.88. The molecule has 0 saturated heterocycles. The number of amides is 1. The third-order valence-electron chi connectivity index (χ3n) is 0.624. The van der Waals surface area contributed by atoms with Gasteiger partial charge < -0.3 is 0 Å². The van der Waals surface area contributed by atoms with Gasteiger partial charge in [0.15, 0.2) is 0 Å². The molecule has 0 radical (unpaired) electrons. The van der Waals surface area contributed by atoms with Crippen molar-refractivity contribution >= 4 is 17.7 Å². The van der Waals surface area contributed by atoms with Crippen LogP contribution < -0.4 is 5.43 Å². The van der Waals surface area contributed by atoms with E-state index in [0.29, 0.717) is 5.75 Å². The molecule has 4 heteroatoms. The van der Waals surface area contributed by atoms with Gasteiger partial charge in [0, 0.05) is 14.1 Å². The summed E-state index contributed by atoms with van der Waals surface area (Å²) in [5, 5.41) is 1.64. The van der Waals surface area contributed by atoms with Crippen LogP contribution in [-0.2, 0) is 4.79 Å². The minimum absolute atomic E-state index is 0.0486. The van der Waals surface area contributed by atoms with Crippen molar-refractivity contribution in [2.45, 2.75) is 0 Å². The maximum Gasteiger partial charge on any atom is 0.244 e. The maximum absolute atomic E-state index is 10.7. The first-order valence-corrected chi connectivity index (χ1v) is 4.02. The SMILES string of the molecule is CSCC(=O)NN(C)C. The molecule has 3 nitrogen and oxygen atoms in total. The Bertz CT molecular complexity index is 95.0. The minimum atomic E-state index is 0.0486. The monoisotopic (exact) mass is 148 g/mol. The Morgan fingerprint density at radius 2 is 2.22 bits per heavy atom. The van der Waals surface area contributed by atoms with Gasteiger partial charge in [-0.1, -0.05) is 0 Å². The number of hydrazine groups is 1. The van der Waals surface area contributed by atoms with Gasteiger partial charge in [-0.05, 0) is 6.26 Å². The summed E-state index contributed by atoms with van der Waals surface area (Å²) < 4.78 is 0. The second kappa shape index (κ2) is 4.64. The van der Waals surface area contributed by atoms with E-state index in [1.165, 1.54) is 11.8 Å². The van der Waals surface area contributed by atoms with E-state index >= 15 is 0 Å². The zero-order valence-corrected chi connectivity index (χ0v) is 6.79. The van der Waals surface area contributed by atoms with Gasteiger partial charge in [0.05, 0.1) is 5.75 Å². The zero-order valence-electron chi connectivity index (χ0n) is 5.97. The molecule has 9 heavy (non-hydrogen) atoms. The van der Waals surface area contributed by atoms with Crippen molar-refractivity contribution in [2.24, 2.45) is 0 Å². The van der Waals surface area contributed by atoms with E-state index in [2.05, 4.69) is 5.43 Å². The number of hydrogen-bond donors (Lipinski definition) is 1. The lowest BCUT2D eigenvalue weighted by molar-refractivity contribution is -0.122. The Balaban J connectivity index is 3.27. The molecule has 0 aromatic carbocycles. The smallest absolute Gasteiger partial charge is 0.244 e. The molecule has 0 aliphatic carbocycles. The number of hydrogen-bond acceptors (Lipinski definition) is 3. The van der Waals surface area contributed by atoms with Gasteiger partial charge in [-0.2, -0.15) is 11.8 Å². The van der Waals surface area contributed by atoms with Gasteiger partial charge >= 0.3 is 0 Å². The molecule has 0 unspecified atom stereocenters. The van der Waals surface area contributed by atoms with Crippen molar-refractivity contribution in [1.82, 2.24) is 10.4 Å². The molecule has 54 valence electrons. The normalized spacial score (nSPS) is 9.78. The molecule has 0 aliphatic heterocycles. The lowest BCUT2D eigenvalue weighted by atomic mass is 10.7. The molecule has 0 saturated carbocycles. The van der Waals surface area contributed by atoms with Crippen LogP contribution in [0.5, 0.6) is 0 Å². The highest BCUT2D eigenvalue weighted by atomic mass is 32.2. The standard InChI is InChI=1S/C5H12N2OS/c1-7(2)6-5(8)4-9-3/h4H2,1-3H3,(H,6,8). The Hall–Kier alpha value is -0.220. The van der Waals surface area contributed by atoms with Crippen molar-refractivity contribution in [1.29, 1.82) is 0 Å². The summed E-state index contributed by atoms with van der Waals surface area (Å²) in [7, 11) is 3.58. The van der Waals surface area contributed by atoms with Crippen LogP contribution in [0.25, 0.3) is 0 Å². The van der Waals surface area contributed by atoms with Crippen LogP contribution >= 0.6 is 11.8 Å². The van der Waals surface area contributed by atoms with Gasteiger partial charge in [0.25, 0.3) is 0 Å². The molecule has 1 N–H and O–H groups in total. The van der Waals surface area contributed by atoms with Gasteiger partial charge in [0.2, 0.25) is 5.91 Å². The van der Waals surface area contributed by atoms with Crippen molar-refractivity contribution in [3.63, 3.8) is 0 Å². The molecule has 0 aromatic rings. The fourth-order valence-corrected chi connectivity index (χ4v) is 0.740. The maximum atomic E-state index is 10.7. The number of nitrogens with zero attached hydrogens (tertiary/aromatic N) is 1. The van der Waals surface area contributed by atoms with Crippen molar-refractivity contribution in [3.05, 3.63) is 0 Å². The fraction of sp³-hybridized carbons (Fsp3) is 0.800. The van der Waals surface area contributed by atoms with Crippen molar-refractivity contribution in [3.8, 4) is 0 Å². The summed E-state index contributed by atoms with van der Waals surface area (Å²) in [5.74, 6) is 0.575. The average Bonchev–Trinajstić information content (AvgIpc) is 1.63. The number of rotatable bonds is 3. The van der Waals surface area contributed by atoms with Gasteiger partial charge in [-0.15, -0.1) is 0 Å². The van der Waals surface area contributed by atoms with E-state index in [1.807, 2.05) is 6.26 Å². The highest BCUT2D eigenvalue weighted by molar-refractivity contribution is 7.99. The minimum Gasteiger partial charge on any atom is -0.289 e. The molecule has 0 aromatic heterocycles. The lowest BCUT2D eigenvalue weighted by Gasteiger charge is -2.10. The summed E-state index contributed by atoms with van der Waals surface area (Å²) >= 11 is 1.51. The average molecular weight is 148 g/mol. The van der Waals surface area contributed by atoms with E-state index in [0.717, 1.165) is 0 Å². The van der Waals surface area contributed by atoms with Crippen LogP contribution in [0.15, 0.2) is 0 Å². The van der Waals surface area contributed by atoms with Crippen LogP contribution in [-0.4, -0.2) is 37.0 Å². The molecule has 0 bridgehead atoms. The van der Waals surface area contributed by atoms with Crippen molar-refractivity contribution < 1.29 is 4.79 Å². The Morgan fingerprint density at radius 3 is 2.56 bits per heavy atom. The number of carbonyl (C=O) groups excluding carboxylic acids is 1. The second-order valence-corrected chi connectivity index (χ2v) is 2.73. The predicted octanol–water partition coefficient (Wildman–Crippen LogP) is -0.0578. The van der Waals surface area contributed by atoms with Gasteiger partial charge in [0.1, 0.15) is 0 Å². The first-order valence-electron chi connectivity index (χ1n) is 2.62. The number of thioether (sulfide) groups is 1. The summed E-state index contributed by atoms with van der Waals surface area (Å²) in [6, 6.07) is 0. The second-order valence-electron chi connectivity index (χ2n) is 1.86. The Morgan fingerprint density at radius 1 is 1.67 bits per heavy atom. The zero-order chi connectivity index (χ0) is 7.28. The summed E-state index contributed by atoms with van der Waals surface area (Å²) in [6.45, 7) is 0. The molecule has 0 heterocycles. The van der Waals surface area contributed by atoms with Crippen LogP contribution in [0.4, 0.5) is 0 Å². The summed E-state index contributed by atoms with van der Waals surface area (Å²) in [6.07, 6.45) is 1.90. The van der Waals surface area contributed by atoms with E-state index in [1.54, 1.807) is 19.1 Å². The lowest BCUT2D eigenvalue weighted by Crippen LogP contribution is -2.37. The largest absolute Gasteiger partial charge is 0.289 e. The molecule has 0 fully saturated rings. The molecular weight excluding hydrogens is 136 g/mol. The molecule has 0 aliphatic rings. The third kappa shape index (κ3) is 5.65. The number of nitrogens with one attached hydrogen (secondary N) is 1. The predicted molar refractivity (Wildman–Crippen MR) is 40.2 cm³/mol. The molecule has 0 atom stereocenters. The molecule has 1 amide bonds. The highest BCUT2D eigenvalue weighted by Gasteiger charge is 1.97. The van der Waals surface area contributed by atoms with Gasteiger partial charge in [-0.3, -0.25) is 10.2 Å².